The molecular weight excluding hydrogens is 484 g/mol. The van der Waals surface area contributed by atoms with E-state index in [-0.39, 0.29) is 41.9 Å². The molecule has 0 radical (unpaired) electrons. The maximum atomic E-state index is 14.3. The molecule has 1 aromatic carbocycles. The lowest BCUT2D eigenvalue weighted by molar-refractivity contribution is -0.137. The summed E-state index contributed by atoms with van der Waals surface area (Å²) in [6.07, 6.45) is -6.69. The second-order valence-corrected chi connectivity index (χ2v) is 10.2. The molecule has 2 atom stereocenters. The van der Waals surface area contributed by atoms with E-state index in [2.05, 4.69) is 10.4 Å². The number of carbonyl (C=O) groups excluding carboxylic acids is 2. The standard InChI is InChI=1S/C24H30F4N4O4/c1-13(2)20-18-8-14(24(26,27)28)6-7-17(18)21(34)32(30-20)12-19(33)29-16-9-15(25)10-31(11-16)22(35)36-23(3,4)5/h6-8,13,15-16H,9-12H2,1-5H3,(H,29,33)/t15-,16-/m1/s1. The number of fused-ring (bicyclic) bond motifs is 1. The van der Waals surface area contributed by atoms with Gasteiger partial charge < -0.3 is 15.0 Å². The Balaban J connectivity index is 1.81. The van der Waals surface area contributed by atoms with Crippen LogP contribution >= 0.6 is 0 Å². The zero-order valence-electron chi connectivity index (χ0n) is 20.8. The molecule has 0 saturated carbocycles. The molecule has 2 heterocycles. The average molecular weight is 515 g/mol. The topological polar surface area (TPSA) is 93.5 Å². The van der Waals surface area contributed by atoms with Crippen LogP contribution in [0.25, 0.3) is 10.8 Å². The number of likely N-dealkylation sites (tertiary alicyclic amines) is 1. The van der Waals surface area contributed by atoms with E-state index in [9.17, 15) is 31.9 Å². The number of nitrogens with one attached hydrogen (secondary N) is 1. The van der Waals surface area contributed by atoms with Crippen LogP contribution in [0.1, 0.15) is 58.2 Å². The Hall–Kier alpha value is -3.18. The van der Waals surface area contributed by atoms with Gasteiger partial charge in [-0.2, -0.15) is 18.3 Å². The highest BCUT2D eigenvalue weighted by Gasteiger charge is 2.34. The number of nitrogens with zero attached hydrogens (tertiary/aromatic N) is 3. The number of benzene rings is 1. The normalized spacial score (nSPS) is 19.0. The van der Waals surface area contributed by atoms with Gasteiger partial charge >= 0.3 is 12.3 Å². The molecule has 36 heavy (non-hydrogen) atoms. The molecule has 8 nitrogen and oxygen atoms in total. The van der Waals surface area contributed by atoms with Gasteiger partial charge in [-0.1, -0.05) is 13.8 Å². The van der Waals surface area contributed by atoms with Crippen LogP contribution in [0.5, 0.6) is 0 Å². The summed E-state index contributed by atoms with van der Waals surface area (Å²) in [4.78, 5) is 39.2. The Morgan fingerprint density at radius 3 is 2.42 bits per heavy atom. The first-order valence-corrected chi connectivity index (χ1v) is 11.6. The van der Waals surface area contributed by atoms with Crippen molar-refractivity contribution >= 4 is 22.8 Å². The second-order valence-electron chi connectivity index (χ2n) is 10.2. The van der Waals surface area contributed by atoms with Crippen molar-refractivity contribution in [3.63, 3.8) is 0 Å². The number of hydrogen-bond donors (Lipinski definition) is 1. The van der Waals surface area contributed by atoms with Gasteiger partial charge in [-0.05, 0) is 44.9 Å². The molecule has 0 bridgehead atoms. The molecular formula is C24H30F4N4O4. The summed E-state index contributed by atoms with van der Waals surface area (Å²) < 4.78 is 60.1. The molecule has 0 aliphatic carbocycles. The minimum absolute atomic E-state index is 0.00656. The first-order chi connectivity index (χ1) is 16.5. The molecule has 1 aliphatic rings. The molecule has 1 aromatic heterocycles. The number of carbonyl (C=O) groups is 2. The Bertz CT molecular complexity index is 1200. The summed E-state index contributed by atoms with van der Waals surface area (Å²) in [5, 5.41) is 6.87. The SMILES string of the molecule is CC(C)c1nn(CC(=O)N[C@@H]2C[C@@H](F)CN(C(=O)OC(C)(C)C)C2)c(=O)c2ccc(C(F)(F)F)cc12. The predicted octanol–water partition coefficient (Wildman–Crippen LogP) is 4.00. The summed E-state index contributed by atoms with van der Waals surface area (Å²) in [5.41, 5.74) is -2.15. The van der Waals surface area contributed by atoms with Crippen LogP contribution in [0.15, 0.2) is 23.0 Å². The van der Waals surface area contributed by atoms with Crippen LogP contribution < -0.4 is 10.9 Å². The Labute approximate surface area is 205 Å². The van der Waals surface area contributed by atoms with Gasteiger partial charge in [0.25, 0.3) is 5.56 Å². The monoisotopic (exact) mass is 514 g/mol. The fourth-order valence-electron chi connectivity index (χ4n) is 4.05. The van der Waals surface area contributed by atoms with Crippen LogP contribution in [0.4, 0.5) is 22.4 Å². The number of halogens is 4. The number of piperidine rings is 1. The van der Waals surface area contributed by atoms with E-state index in [1.165, 1.54) is 4.90 Å². The van der Waals surface area contributed by atoms with E-state index in [1.807, 2.05) is 0 Å². The van der Waals surface area contributed by atoms with Gasteiger partial charge in [-0.3, -0.25) is 9.59 Å². The van der Waals surface area contributed by atoms with E-state index < -0.39 is 53.7 Å². The smallest absolute Gasteiger partial charge is 0.416 e. The van der Waals surface area contributed by atoms with Gasteiger partial charge in [-0.15, -0.1) is 0 Å². The fourth-order valence-corrected chi connectivity index (χ4v) is 4.05. The molecule has 1 N–H and O–H groups in total. The third kappa shape index (κ3) is 6.52. The molecule has 3 rings (SSSR count). The van der Waals surface area contributed by atoms with E-state index >= 15 is 0 Å². The molecule has 2 amide bonds. The molecule has 198 valence electrons. The molecule has 1 aliphatic heterocycles. The highest BCUT2D eigenvalue weighted by atomic mass is 19.4. The number of rotatable bonds is 4. The lowest BCUT2D eigenvalue weighted by Gasteiger charge is -2.36. The number of amides is 2. The maximum absolute atomic E-state index is 14.3. The van der Waals surface area contributed by atoms with Crippen molar-refractivity contribution in [1.82, 2.24) is 20.0 Å². The van der Waals surface area contributed by atoms with Crippen molar-refractivity contribution in [3.8, 4) is 0 Å². The first-order valence-electron chi connectivity index (χ1n) is 11.6. The van der Waals surface area contributed by atoms with Crippen molar-refractivity contribution in [2.45, 2.75) is 77.5 Å². The van der Waals surface area contributed by atoms with Crippen LogP contribution in [-0.2, 0) is 22.3 Å². The van der Waals surface area contributed by atoms with Crippen LogP contribution in [0, 0.1) is 0 Å². The zero-order valence-corrected chi connectivity index (χ0v) is 20.8. The number of ether oxygens (including phenoxy) is 1. The molecule has 1 fully saturated rings. The second kappa shape index (κ2) is 10.1. The van der Waals surface area contributed by atoms with Crippen molar-refractivity contribution in [1.29, 1.82) is 0 Å². The molecule has 1 saturated heterocycles. The van der Waals surface area contributed by atoms with Gasteiger partial charge in [0.1, 0.15) is 18.3 Å². The quantitative estimate of drug-likeness (QED) is 0.623. The van der Waals surface area contributed by atoms with Crippen molar-refractivity contribution in [2.75, 3.05) is 13.1 Å². The van der Waals surface area contributed by atoms with Crippen LogP contribution in [0.2, 0.25) is 0 Å². The van der Waals surface area contributed by atoms with E-state index in [4.69, 9.17) is 4.74 Å². The minimum Gasteiger partial charge on any atom is -0.444 e. The van der Waals surface area contributed by atoms with E-state index in [0.717, 1.165) is 22.9 Å². The summed E-state index contributed by atoms with van der Waals surface area (Å²) in [5.74, 6) is -0.979. The van der Waals surface area contributed by atoms with Crippen molar-refractivity contribution in [2.24, 2.45) is 0 Å². The third-order valence-electron chi connectivity index (χ3n) is 5.57. The highest BCUT2D eigenvalue weighted by Crippen LogP contribution is 2.32. The maximum Gasteiger partial charge on any atom is 0.416 e. The van der Waals surface area contributed by atoms with Crippen molar-refractivity contribution < 1.29 is 31.9 Å². The number of aromatic nitrogens is 2. The lowest BCUT2D eigenvalue weighted by atomic mass is 10.0. The fraction of sp³-hybridized carbons (Fsp3) is 0.583. The number of alkyl halides is 4. The van der Waals surface area contributed by atoms with Gasteiger partial charge in [0.2, 0.25) is 5.91 Å². The summed E-state index contributed by atoms with van der Waals surface area (Å²) in [6.45, 7) is 7.83. The van der Waals surface area contributed by atoms with Gasteiger partial charge in [0.15, 0.2) is 0 Å². The van der Waals surface area contributed by atoms with Crippen LogP contribution in [-0.4, -0.2) is 57.6 Å². The van der Waals surface area contributed by atoms with E-state index in [0.29, 0.717) is 0 Å². The molecule has 0 spiro atoms. The Morgan fingerprint density at radius 2 is 1.83 bits per heavy atom. The highest BCUT2D eigenvalue weighted by molar-refractivity contribution is 5.85. The van der Waals surface area contributed by atoms with E-state index in [1.54, 1.807) is 34.6 Å². The predicted molar refractivity (Wildman–Crippen MR) is 124 cm³/mol. The largest absolute Gasteiger partial charge is 0.444 e. The molecule has 0 unspecified atom stereocenters. The van der Waals surface area contributed by atoms with Crippen LogP contribution in [0.3, 0.4) is 0 Å². The Kier molecular flexibility index (Phi) is 7.66. The third-order valence-corrected chi connectivity index (χ3v) is 5.57. The summed E-state index contributed by atoms with van der Waals surface area (Å²) in [7, 11) is 0. The van der Waals surface area contributed by atoms with Gasteiger partial charge in [0.05, 0.1) is 23.2 Å². The molecule has 2 aromatic rings. The van der Waals surface area contributed by atoms with Crippen molar-refractivity contribution in [3.05, 3.63) is 39.8 Å². The summed E-state index contributed by atoms with van der Waals surface area (Å²) in [6, 6.07) is 2.06. The average Bonchev–Trinajstić information content (AvgIpc) is 2.72. The minimum atomic E-state index is -4.58. The Morgan fingerprint density at radius 1 is 1.17 bits per heavy atom. The molecule has 12 heteroatoms. The lowest BCUT2D eigenvalue weighted by Crippen LogP contribution is -2.54. The number of hydrogen-bond acceptors (Lipinski definition) is 5. The zero-order chi connectivity index (χ0) is 27.0. The first kappa shape index (κ1) is 27.4. The summed E-state index contributed by atoms with van der Waals surface area (Å²) >= 11 is 0. The van der Waals surface area contributed by atoms with Gasteiger partial charge in [-0.25, -0.2) is 13.9 Å². The van der Waals surface area contributed by atoms with Gasteiger partial charge in [0, 0.05) is 24.4 Å².